The fraction of sp³-hybridized carbons (Fsp3) is 0.263. The van der Waals surface area contributed by atoms with Crippen LogP contribution in [0.15, 0.2) is 53.6 Å². The number of hydrogen-bond donors (Lipinski definition) is 1. The number of nitrogens with one attached hydrogen (secondary N) is 1. The van der Waals surface area contributed by atoms with Crippen LogP contribution in [0.4, 0.5) is 5.69 Å². The van der Waals surface area contributed by atoms with Gasteiger partial charge in [0.2, 0.25) is 0 Å². The van der Waals surface area contributed by atoms with Gasteiger partial charge < -0.3 is 9.64 Å². The van der Waals surface area contributed by atoms with Crippen molar-refractivity contribution in [2.24, 2.45) is 5.10 Å². The molecular formula is C19H23N3O2. The van der Waals surface area contributed by atoms with Gasteiger partial charge in [-0.15, -0.1) is 0 Å². The van der Waals surface area contributed by atoms with Crippen molar-refractivity contribution in [2.45, 2.75) is 13.3 Å². The van der Waals surface area contributed by atoms with Gasteiger partial charge in [0.1, 0.15) is 5.75 Å². The number of carbonyl (C=O) groups is 1. The number of rotatable bonds is 7. The van der Waals surface area contributed by atoms with E-state index >= 15 is 0 Å². The van der Waals surface area contributed by atoms with Crippen molar-refractivity contribution >= 4 is 17.8 Å². The van der Waals surface area contributed by atoms with E-state index in [9.17, 15) is 4.79 Å². The highest BCUT2D eigenvalue weighted by Crippen LogP contribution is 2.12. The fourth-order valence-corrected chi connectivity index (χ4v) is 2.04. The van der Waals surface area contributed by atoms with Crippen molar-refractivity contribution < 1.29 is 9.53 Å². The van der Waals surface area contributed by atoms with Gasteiger partial charge in [0.25, 0.3) is 5.91 Å². The monoisotopic (exact) mass is 325 g/mol. The lowest BCUT2D eigenvalue weighted by atomic mass is 10.2. The van der Waals surface area contributed by atoms with E-state index in [1.54, 1.807) is 6.21 Å². The normalized spacial score (nSPS) is 10.6. The zero-order valence-corrected chi connectivity index (χ0v) is 14.3. The molecule has 0 saturated carbocycles. The average Bonchev–Trinajstić information content (AvgIpc) is 2.61. The molecular weight excluding hydrogens is 302 g/mol. The van der Waals surface area contributed by atoms with Gasteiger partial charge in [0.05, 0.1) is 6.21 Å². The number of ether oxygens (including phenoxy) is 1. The third kappa shape index (κ3) is 5.43. The van der Waals surface area contributed by atoms with Crippen LogP contribution in [0.5, 0.6) is 5.75 Å². The second-order valence-corrected chi connectivity index (χ2v) is 5.57. The van der Waals surface area contributed by atoms with Crippen molar-refractivity contribution in [2.75, 3.05) is 25.6 Å². The predicted molar refractivity (Wildman–Crippen MR) is 97.8 cm³/mol. The van der Waals surface area contributed by atoms with Gasteiger partial charge in [-0.2, -0.15) is 5.10 Å². The lowest BCUT2D eigenvalue weighted by molar-refractivity contribution is -0.123. The third-order valence-electron chi connectivity index (χ3n) is 3.51. The first kappa shape index (κ1) is 17.5. The molecule has 2 aromatic rings. The molecule has 0 atom stereocenters. The van der Waals surface area contributed by atoms with Gasteiger partial charge in [-0.1, -0.05) is 31.2 Å². The minimum Gasteiger partial charge on any atom is -0.484 e. The van der Waals surface area contributed by atoms with E-state index in [-0.39, 0.29) is 12.5 Å². The molecule has 0 spiro atoms. The lowest BCUT2D eigenvalue weighted by Crippen LogP contribution is -2.24. The van der Waals surface area contributed by atoms with Crippen molar-refractivity contribution in [3.63, 3.8) is 0 Å². The van der Waals surface area contributed by atoms with Crippen LogP contribution >= 0.6 is 0 Å². The Kier molecular flexibility index (Phi) is 6.37. The zero-order valence-electron chi connectivity index (χ0n) is 14.3. The van der Waals surface area contributed by atoms with Gasteiger partial charge in [-0.05, 0) is 41.8 Å². The number of anilines is 1. The maximum atomic E-state index is 11.7. The van der Waals surface area contributed by atoms with Gasteiger partial charge >= 0.3 is 0 Å². The van der Waals surface area contributed by atoms with Crippen LogP contribution in [-0.4, -0.2) is 32.8 Å². The molecule has 126 valence electrons. The first-order chi connectivity index (χ1) is 11.6. The van der Waals surface area contributed by atoms with Crippen molar-refractivity contribution in [1.82, 2.24) is 5.43 Å². The summed E-state index contributed by atoms with van der Waals surface area (Å²) >= 11 is 0. The molecule has 2 aromatic carbocycles. The van der Waals surface area contributed by atoms with Gasteiger partial charge in [0, 0.05) is 19.8 Å². The van der Waals surface area contributed by atoms with E-state index < -0.39 is 0 Å². The van der Waals surface area contributed by atoms with E-state index in [2.05, 4.69) is 17.5 Å². The number of aryl methyl sites for hydroxylation is 1. The van der Waals surface area contributed by atoms with Crippen LogP contribution in [-0.2, 0) is 11.2 Å². The highest BCUT2D eigenvalue weighted by Gasteiger charge is 2.01. The number of hydrogen-bond acceptors (Lipinski definition) is 4. The minimum absolute atomic E-state index is 0.0671. The highest BCUT2D eigenvalue weighted by atomic mass is 16.5. The van der Waals surface area contributed by atoms with Crippen LogP contribution in [0.25, 0.3) is 0 Å². The molecule has 0 saturated heterocycles. The topological polar surface area (TPSA) is 53.9 Å². The summed E-state index contributed by atoms with van der Waals surface area (Å²) in [5, 5.41) is 3.94. The molecule has 0 aliphatic rings. The number of nitrogens with zero attached hydrogens (tertiary/aromatic N) is 2. The smallest absolute Gasteiger partial charge is 0.277 e. The zero-order chi connectivity index (χ0) is 17.4. The fourth-order valence-electron chi connectivity index (χ4n) is 2.04. The molecule has 0 aliphatic carbocycles. The molecule has 5 heteroatoms. The SMILES string of the molecule is CCc1ccc(OCC(=O)N/N=C/c2ccc(N(C)C)cc2)cc1. The lowest BCUT2D eigenvalue weighted by Gasteiger charge is -2.11. The first-order valence-corrected chi connectivity index (χ1v) is 7.89. The number of hydrazone groups is 1. The Morgan fingerprint density at radius 3 is 2.38 bits per heavy atom. The van der Waals surface area contributed by atoms with Crippen LogP contribution < -0.4 is 15.1 Å². The van der Waals surface area contributed by atoms with E-state index in [1.165, 1.54) is 5.56 Å². The molecule has 0 heterocycles. The minimum atomic E-state index is -0.296. The maximum absolute atomic E-state index is 11.7. The van der Waals surface area contributed by atoms with E-state index in [0.717, 1.165) is 17.7 Å². The largest absolute Gasteiger partial charge is 0.484 e. The summed E-state index contributed by atoms with van der Waals surface area (Å²) in [6.45, 7) is 2.03. The molecule has 0 aromatic heterocycles. The second-order valence-electron chi connectivity index (χ2n) is 5.57. The summed E-state index contributed by atoms with van der Waals surface area (Å²) in [5.41, 5.74) is 5.71. The Balaban J connectivity index is 1.77. The first-order valence-electron chi connectivity index (χ1n) is 7.89. The number of amides is 1. The van der Waals surface area contributed by atoms with Crippen LogP contribution in [0, 0.1) is 0 Å². The Hall–Kier alpha value is -2.82. The molecule has 1 N–H and O–H groups in total. The van der Waals surface area contributed by atoms with E-state index in [4.69, 9.17) is 4.74 Å². The molecule has 1 amide bonds. The summed E-state index contributed by atoms with van der Waals surface area (Å²) < 4.78 is 5.42. The molecule has 0 bridgehead atoms. The van der Waals surface area contributed by atoms with Crippen LogP contribution in [0.1, 0.15) is 18.1 Å². The van der Waals surface area contributed by atoms with Gasteiger partial charge in [-0.25, -0.2) is 5.43 Å². The van der Waals surface area contributed by atoms with Crippen molar-refractivity contribution in [3.8, 4) is 5.75 Å². The van der Waals surface area contributed by atoms with Crippen LogP contribution in [0.2, 0.25) is 0 Å². The standard InChI is InChI=1S/C19H23N3O2/c1-4-15-7-11-18(12-8-15)24-14-19(23)21-20-13-16-5-9-17(10-6-16)22(2)3/h5-13H,4,14H2,1-3H3,(H,21,23)/b20-13+. The second kappa shape index (κ2) is 8.72. The van der Waals surface area contributed by atoms with Crippen molar-refractivity contribution in [1.29, 1.82) is 0 Å². The molecule has 24 heavy (non-hydrogen) atoms. The highest BCUT2D eigenvalue weighted by molar-refractivity contribution is 5.83. The van der Waals surface area contributed by atoms with Crippen molar-refractivity contribution in [3.05, 3.63) is 59.7 Å². The molecule has 0 unspecified atom stereocenters. The Labute approximate surface area is 142 Å². The van der Waals surface area contributed by atoms with E-state index in [1.807, 2.05) is 67.5 Å². The predicted octanol–water partition coefficient (Wildman–Crippen LogP) is 2.84. The number of benzene rings is 2. The summed E-state index contributed by atoms with van der Waals surface area (Å²) in [7, 11) is 3.97. The van der Waals surface area contributed by atoms with Gasteiger partial charge in [0.15, 0.2) is 6.61 Å². The molecule has 0 radical (unpaired) electrons. The molecule has 2 rings (SSSR count). The summed E-state index contributed by atoms with van der Waals surface area (Å²) in [5.74, 6) is 0.376. The summed E-state index contributed by atoms with van der Waals surface area (Å²) in [4.78, 5) is 13.7. The van der Waals surface area contributed by atoms with E-state index in [0.29, 0.717) is 5.75 Å². The van der Waals surface area contributed by atoms with Gasteiger partial charge in [-0.3, -0.25) is 4.79 Å². The average molecular weight is 325 g/mol. The summed E-state index contributed by atoms with van der Waals surface area (Å²) in [6, 6.07) is 15.6. The number of carbonyl (C=O) groups excluding carboxylic acids is 1. The molecule has 0 fully saturated rings. The summed E-state index contributed by atoms with van der Waals surface area (Å²) in [6.07, 6.45) is 2.58. The Morgan fingerprint density at radius 1 is 1.12 bits per heavy atom. The maximum Gasteiger partial charge on any atom is 0.277 e. The van der Waals surface area contributed by atoms with Crippen LogP contribution in [0.3, 0.4) is 0 Å². The Bertz CT molecular complexity index is 677. The molecule has 5 nitrogen and oxygen atoms in total. The third-order valence-corrected chi connectivity index (χ3v) is 3.51. The quantitative estimate of drug-likeness (QED) is 0.629. The molecule has 0 aliphatic heterocycles. The Morgan fingerprint density at radius 2 is 1.79 bits per heavy atom.